The summed E-state index contributed by atoms with van der Waals surface area (Å²) in [4.78, 5) is 4.20. The van der Waals surface area contributed by atoms with E-state index in [0.717, 1.165) is 49.0 Å². The second-order valence-corrected chi connectivity index (χ2v) is 4.71. The number of hydrogen-bond acceptors (Lipinski definition) is 3. The molecule has 0 spiro atoms. The summed E-state index contributed by atoms with van der Waals surface area (Å²) in [5.41, 5.74) is 2.30. The number of guanidine groups is 1. The van der Waals surface area contributed by atoms with Gasteiger partial charge in [0.2, 0.25) is 0 Å². The highest BCUT2D eigenvalue weighted by molar-refractivity contribution is 14.0. The van der Waals surface area contributed by atoms with Crippen LogP contribution in [0.25, 0.3) is 0 Å². The number of nitrogens with one attached hydrogen (secondary N) is 2. The van der Waals surface area contributed by atoms with Gasteiger partial charge in [0, 0.05) is 33.4 Å². The first kappa shape index (κ1) is 21.0. The topological polar surface area (TPSA) is 54.9 Å². The fourth-order valence-electron chi connectivity index (χ4n) is 1.91. The van der Waals surface area contributed by atoms with Crippen LogP contribution in [0.3, 0.4) is 0 Å². The summed E-state index contributed by atoms with van der Waals surface area (Å²) in [7, 11) is 3.46. The third kappa shape index (κ3) is 7.84. The molecule has 0 saturated carbocycles. The Balaban J connectivity index is 0.00000441. The van der Waals surface area contributed by atoms with Gasteiger partial charge in [0.25, 0.3) is 0 Å². The zero-order valence-electron chi connectivity index (χ0n) is 13.9. The van der Waals surface area contributed by atoms with Gasteiger partial charge in [-0.3, -0.25) is 4.99 Å². The summed E-state index contributed by atoms with van der Waals surface area (Å²) in [6, 6.07) is 6.20. The van der Waals surface area contributed by atoms with Crippen LogP contribution in [0.1, 0.15) is 24.5 Å². The smallest absolute Gasteiger partial charge is 0.191 e. The predicted octanol–water partition coefficient (Wildman–Crippen LogP) is 2.71. The standard InChI is InChI=1S/C16H27N3O2.HI/c1-5-21-10-6-9-18-16(17-3)19-12-14-8-7-13(2)15(11-14)20-4;/h7-8,11H,5-6,9-10,12H2,1-4H3,(H2,17,18,19);1H. The minimum atomic E-state index is 0. The highest BCUT2D eigenvalue weighted by Crippen LogP contribution is 2.18. The summed E-state index contributed by atoms with van der Waals surface area (Å²) < 4.78 is 10.6. The molecule has 22 heavy (non-hydrogen) atoms. The van der Waals surface area contributed by atoms with Crippen LogP contribution >= 0.6 is 24.0 Å². The molecule has 1 aromatic carbocycles. The van der Waals surface area contributed by atoms with E-state index in [-0.39, 0.29) is 24.0 Å². The molecule has 0 amide bonds. The molecule has 0 aliphatic carbocycles. The van der Waals surface area contributed by atoms with E-state index < -0.39 is 0 Å². The zero-order chi connectivity index (χ0) is 15.5. The molecule has 0 bridgehead atoms. The molecule has 0 saturated heterocycles. The van der Waals surface area contributed by atoms with E-state index in [1.54, 1.807) is 14.2 Å². The lowest BCUT2D eigenvalue weighted by Gasteiger charge is -2.13. The largest absolute Gasteiger partial charge is 0.496 e. The summed E-state index contributed by atoms with van der Waals surface area (Å²) >= 11 is 0. The lowest BCUT2D eigenvalue weighted by atomic mass is 10.1. The average Bonchev–Trinajstić information content (AvgIpc) is 2.51. The maximum absolute atomic E-state index is 5.33. The van der Waals surface area contributed by atoms with Crippen LogP contribution in [0.15, 0.2) is 23.2 Å². The number of halogens is 1. The second-order valence-electron chi connectivity index (χ2n) is 4.71. The molecule has 0 heterocycles. The van der Waals surface area contributed by atoms with Gasteiger partial charge in [0.05, 0.1) is 7.11 Å². The molecule has 6 heteroatoms. The van der Waals surface area contributed by atoms with Gasteiger partial charge in [-0.2, -0.15) is 0 Å². The van der Waals surface area contributed by atoms with Crippen molar-refractivity contribution in [2.45, 2.75) is 26.8 Å². The number of methoxy groups -OCH3 is 1. The van der Waals surface area contributed by atoms with Gasteiger partial charge >= 0.3 is 0 Å². The molecule has 0 aliphatic heterocycles. The van der Waals surface area contributed by atoms with Crippen molar-refractivity contribution < 1.29 is 9.47 Å². The number of rotatable bonds is 8. The number of benzene rings is 1. The third-order valence-electron chi connectivity index (χ3n) is 3.12. The predicted molar refractivity (Wildman–Crippen MR) is 102 cm³/mol. The van der Waals surface area contributed by atoms with E-state index in [4.69, 9.17) is 9.47 Å². The van der Waals surface area contributed by atoms with Crippen LogP contribution < -0.4 is 15.4 Å². The molecule has 0 radical (unpaired) electrons. The molecule has 2 N–H and O–H groups in total. The van der Waals surface area contributed by atoms with Gasteiger partial charge < -0.3 is 20.1 Å². The van der Waals surface area contributed by atoms with Crippen LogP contribution in [-0.4, -0.2) is 39.9 Å². The Labute approximate surface area is 150 Å². The number of hydrogen-bond donors (Lipinski definition) is 2. The Bertz CT molecular complexity index is 453. The minimum Gasteiger partial charge on any atom is -0.496 e. The molecule has 0 aliphatic rings. The first-order valence-electron chi connectivity index (χ1n) is 7.37. The van der Waals surface area contributed by atoms with Crippen molar-refractivity contribution in [3.8, 4) is 5.75 Å². The monoisotopic (exact) mass is 421 g/mol. The summed E-state index contributed by atoms with van der Waals surface area (Å²) in [6.45, 7) is 7.13. The highest BCUT2D eigenvalue weighted by atomic mass is 127. The molecule has 1 rings (SSSR count). The third-order valence-corrected chi connectivity index (χ3v) is 3.12. The molecule has 5 nitrogen and oxygen atoms in total. The van der Waals surface area contributed by atoms with E-state index in [2.05, 4.69) is 27.8 Å². The van der Waals surface area contributed by atoms with Crippen molar-refractivity contribution >= 4 is 29.9 Å². The van der Waals surface area contributed by atoms with Gasteiger partial charge in [-0.25, -0.2) is 0 Å². The van der Waals surface area contributed by atoms with Crippen LogP contribution in [0, 0.1) is 6.92 Å². The lowest BCUT2D eigenvalue weighted by molar-refractivity contribution is 0.145. The molecule has 0 unspecified atom stereocenters. The highest BCUT2D eigenvalue weighted by Gasteiger charge is 2.02. The van der Waals surface area contributed by atoms with Crippen LogP contribution in [0.5, 0.6) is 5.75 Å². The second kappa shape index (κ2) is 12.5. The number of nitrogens with zero attached hydrogens (tertiary/aromatic N) is 1. The maximum Gasteiger partial charge on any atom is 0.191 e. The van der Waals surface area contributed by atoms with Crippen molar-refractivity contribution in [3.05, 3.63) is 29.3 Å². The van der Waals surface area contributed by atoms with Crippen molar-refractivity contribution in [2.24, 2.45) is 4.99 Å². The molecule has 1 aromatic rings. The van der Waals surface area contributed by atoms with E-state index in [0.29, 0.717) is 6.54 Å². The Hall–Kier alpha value is -1.02. The first-order valence-corrected chi connectivity index (χ1v) is 7.37. The van der Waals surface area contributed by atoms with Gasteiger partial charge in [-0.15, -0.1) is 24.0 Å². The van der Waals surface area contributed by atoms with Crippen molar-refractivity contribution in [1.82, 2.24) is 10.6 Å². The normalized spacial score (nSPS) is 10.8. The van der Waals surface area contributed by atoms with Gasteiger partial charge in [0.1, 0.15) is 5.75 Å². The SMILES string of the molecule is CCOCCCNC(=NC)NCc1ccc(C)c(OC)c1.I. The average molecular weight is 421 g/mol. The van der Waals surface area contributed by atoms with E-state index in [1.807, 2.05) is 19.9 Å². The maximum atomic E-state index is 5.33. The Morgan fingerprint density at radius 1 is 1.27 bits per heavy atom. The summed E-state index contributed by atoms with van der Waals surface area (Å²) in [6.07, 6.45) is 0.965. The first-order chi connectivity index (χ1) is 10.2. The quantitative estimate of drug-likeness (QED) is 0.293. The Morgan fingerprint density at radius 3 is 2.68 bits per heavy atom. The number of ether oxygens (including phenoxy) is 2. The lowest BCUT2D eigenvalue weighted by Crippen LogP contribution is -2.37. The van der Waals surface area contributed by atoms with Crippen LogP contribution in [0.2, 0.25) is 0 Å². The number of aryl methyl sites for hydroxylation is 1. The van der Waals surface area contributed by atoms with E-state index in [1.165, 1.54) is 0 Å². The molecular weight excluding hydrogens is 393 g/mol. The Kier molecular flexibility index (Phi) is 11.9. The number of aliphatic imine (C=N–C) groups is 1. The fourth-order valence-corrected chi connectivity index (χ4v) is 1.91. The van der Waals surface area contributed by atoms with Gasteiger partial charge in [-0.05, 0) is 37.5 Å². The van der Waals surface area contributed by atoms with Crippen molar-refractivity contribution in [3.63, 3.8) is 0 Å². The summed E-state index contributed by atoms with van der Waals surface area (Å²) in [5.74, 6) is 1.71. The van der Waals surface area contributed by atoms with E-state index in [9.17, 15) is 0 Å². The zero-order valence-corrected chi connectivity index (χ0v) is 16.3. The molecule has 0 fully saturated rings. The molecule has 126 valence electrons. The van der Waals surface area contributed by atoms with Crippen molar-refractivity contribution in [1.29, 1.82) is 0 Å². The van der Waals surface area contributed by atoms with Crippen molar-refractivity contribution in [2.75, 3.05) is 33.9 Å². The van der Waals surface area contributed by atoms with Gasteiger partial charge in [-0.1, -0.05) is 12.1 Å². The van der Waals surface area contributed by atoms with Crippen LogP contribution in [-0.2, 0) is 11.3 Å². The Morgan fingerprint density at radius 2 is 2.05 bits per heavy atom. The molecule has 0 aromatic heterocycles. The minimum absolute atomic E-state index is 0. The van der Waals surface area contributed by atoms with E-state index >= 15 is 0 Å². The van der Waals surface area contributed by atoms with Crippen LogP contribution in [0.4, 0.5) is 0 Å². The molecular formula is C16H28IN3O2. The fraction of sp³-hybridized carbons (Fsp3) is 0.562. The van der Waals surface area contributed by atoms with Gasteiger partial charge in [0.15, 0.2) is 5.96 Å². The molecule has 0 atom stereocenters. The summed E-state index contributed by atoms with van der Waals surface area (Å²) in [5, 5.41) is 6.56.